The maximum absolute atomic E-state index is 11.9. The van der Waals surface area contributed by atoms with Gasteiger partial charge in [0.2, 0.25) is 0 Å². The van der Waals surface area contributed by atoms with Gasteiger partial charge in [-0.3, -0.25) is 9.78 Å². The van der Waals surface area contributed by atoms with Crippen LogP contribution in [0.4, 0.5) is 0 Å². The molecular formula is C12H14N4OS. The number of nitrogens with one attached hydrogen (secondary N) is 1. The Kier molecular flexibility index (Phi) is 4.01. The van der Waals surface area contributed by atoms with Crippen molar-refractivity contribution in [2.75, 3.05) is 0 Å². The van der Waals surface area contributed by atoms with Gasteiger partial charge in [0, 0.05) is 24.3 Å². The number of pyridine rings is 1. The lowest BCUT2D eigenvalue weighted by Gasteiger charge is -2.12. The molecule has 0 aliphatic carbocycles. The fourth-order valence-corrected chi connectivity index (χ4v) is 2.15. The maximum atomic E-state index is 11.9. The molecule has 94 valence electrons. The van der Waals surface area contributed by atoms with Crippen LogP contribution in [0.15, 0.2) is 29.9 Å². The highest BCUT2D eigenvalue weighted by molar-refractivity contribution is 7.09. The van der Waals surface area contributed by atoms with Crippen LogP contribution in [0.25, 0.3) is 0 Å². The summed E-state index contributed by atoms with van der Waals surface area (Å²) in [5.41, 5.74) is 6.84. The van der Waals surface area contributed by atoms with Crippen LogP contribution >= 0.6 is 11.3 Å². The summed E-state index contributed by atoms with van der Waals surface area (Å²) in [5.74, 6) is -0.192. The van der Waals surface area contributed by atoms with E-state index in [1.54, 1.807) is 17.8 Å². The molecule has 0 saturated carbocycles. The van der Waals surface area contributed by atoms with Gasteiger partial charge in [-0.25, -0.2) is 4.98 Å². The third-order valence-electron chi connectivity index (χ3n) is 2.49. The van der Waals surface area contributed by atoms with Crippen LogP contribution in [0.3, 0.4) is 0 Å². The van der Waals surface area contributed by atoms with Gasteiger partial charge in [0.15, 0.2) is 0 Å². The average Bonchev–Trinajstić information content (AvgIpc) is 2.88. The van der Waals surface area contributed by atoms with E-state index in [0.717, 1.165) is 10.6 Å². The Bertz CT molecular complexity index is 526. The first-order valence-corrected chi connectivity index (χ1v) is 6.44. The van der Waals surface area contributed by atoms with E-state index < -0.39 is 0 Å². The second-order valence-corrected chi connectivity index (χ2v) is 4.75. The van der Waals surface area contributed by atoms with Gasteiger partial charge in [0.1, 0.15) is 10.7 Å². The number of carbonyl (C=O) groups excluding carboxylic acids is 1. The highest BCUT2D eigenvalue weighted by Crippen LogP contribution is 2.13. The van der Waals surface area contributed by atoms with Crippen molar-refractivity contribution in [2.45, 2.75) is 19.5 Å². The zero-order valence-corrected chi connectivity index (χ0v) is 10.8. The summed E-state index contributed by atoms with van der Waals surface area (Å²) >= 11 is 1.39. The van der Waals surface area contributed by atoms with E-state index in [1.807, 2.05) is 19.1 Å². The first-order chi connectivity index (χ1) is 8.70. The number of hydrogen-bond donors (Lipinski definition) is 2. The lowest BCUT2D eigenvalue weighted by Crippen LogP contribution is -2.27. The number of nitrogens with two attached hydrogens (primary N) is 1. The second-order valence-electron chi connectivity index (χ2n) is 3.81. The lowest BCUT2D eigenvalue weighted by atomic mass is 10.1. The summed E-state index contributed by atoms with van der Waals surface area (Å²) in [7, 11) is 0. The number of aromatic nitrogens is 2. The van der Waals surface area contributed by atoms with Crippen LogP contribution < -0.4 is 11.1 Å². The molecule has 2 aromatic heterocycles. The molecule has 1 amide bonds. The molecule has 1 unspecified atom stereocenters. The molecule has 0 radical (unpaired) electrons. The molecule has 0 fully saturated rings. The van der Waals surface area contributed by atoms with E-state index in [1.165, 1.54) is 11.3 Å². The third kappa shape index (κ3) is 2.91. The molecule has 0 aliphatic heterocycles. The molecule has 0 bridgehead atoms. The Balaban J connectivity index is 2.03. The number of carbonyl (C=O) groups is 1. The normalized spacial score (nSPS) is 12.1. The lowest BCUT2D eigenvalue weighted by molar-refractivity contribution is 0.0935. The van der Waals surface area contributed by atoms with E-state index >= 15 is 0 Å². The molecule has 2 aromatic rings. The Morgan fingerprint density at radius 1 is 1.61 bits per heavy atom. The van der Waals surface area contributed by atoms with Gasteiger partial charge in [-0.15, -0.1) is 11.3 Å². The molecule has 0 saturated heterocycles. The van der Waals surface area contributed by atoms with E-state index in [0.29, 0.717) is 12.2 Å². The highest BCUT2D eigenvalue weighted by atomic mass is 32.1. The molecule has 5 nitrogen and oxygen atoms in total. The van der Waals surface area contributed by atoms with Gasteiger partial charge in [-0.2, -0.15) is 0 Å². The highest BCUT2D eigenvalue weighted by Gasteiger charge is 2.14. The fraction of sp³-hybridized carbons (Fsp3) is 0.250. The zero-order valence-electron chi connectivity index (χ0n) is 9.96. The van der Waals surface area contributed by atoms with E-state index in [4.69, 9.17) is 5.73 Å². The molecular weight excluding hydrogens is 248 g/mol. The predicted molar refractivity (Wildman–Crippen MR) is 70.1 cm³/mol. The first-order valence-electron chi connectivity index (χ1n) is 5.56. The number of rotatable bonds is 4. The van der Waals surface area contributed by atoms with Crippen molar-refractivity contribution in [3.8, 4) is 0 Å². The minimum atomic E-state index is -0.192. The summed E-state index contributed by atoms with van der Waals surface area (Å²) in [6.45, 7) is 2.27. The quantitative estimate of drug-likeness (QED) is 0.874. The largest absolute Gasteiger partial charge is 0.344 e. The molecule has 0 spiro atoms. The minimum absolute atomic E-state index is 0.103. The summed E-state index contributed by atoms with van der Waals surface area (Å²) in [5, 5.41) is 5.35. The van der Waals surface area contributed by atoms with Gasteiger partial charge in [-0.05, 0) is 18.6 Å². The SMILES string of the molecule is CC(NC(=O)c1csc(CN)n1)c1cccnc1. The Morgan fingerprint density at radius 3 is 3.06 bits per heavy atom. The van der Waals surface area contributed by atoms with Crippen molar-refractivity contribution < 1.29 is 4.79 Å². The predicted octanol–water partition coefficient (Wildman–Crippen LogP) is 1.49. The van der Waals surface area contributed by atoms with Crippen molar-refractivity contribution in [1.82, 2.24) is 15.3 Å². The smallest absolute Gasteiger partial charge is 0.271 e. The zero-order chi connectivity index (χ0) is 13.0. The molecule has 6 heteroatoms. The topological polar surface area (TPSA) is 80.9 Å². The summed E-state index contributed by atoms with van der Waals surface area (Å²) in [4.78, 5) is 20.1. The standard InChI is InChI=1S/C12H14N4OS/c1-8(9-3-2-4-14-6-9)15-12(17)10-7-18-11(5-13)16-10/h2-4,6-8H,5,13H2,1H3,(H,15,17). The maximum Gasteiger partial charge on any atom is 0.271 e. The number of nitrogens with zero attached hydrogens (tertiary/aromatic N) is 2. The summed E-state index contributed by atoms with van der Waals surface area (Å²) < 4.78 is 0. The molecule has 1 atom stereocenters. The van der Waals surface area contributed by atoms with Crippen LogP contribution in [0, 0.1) is 0 Å². The van der Waals surface area contributed by atoms with Crippen molar-refractivity contribution in [1.29, 1.82) is 0 Å². The number of thiazole rings is 1. The van der Waals surface area contributed by atoms with Crippen LogP contribution in [0.1, 0.15) is 34.0 Å². The Labute approximate surface area is 109 Å². The van der Waals surface area contributed by atoms with Gasteiger partial charge in [-0.1, -0.05) is 6.07 Å². The molecule has 0 aromatic carbocycles. The molecule has 3 N–H and O–H groups in total. The van der Waals surface area contributed by atoms with Crippen molar-refractivity contribution in [2.24, 2.45) is 5.73 Å². The molecule has 0 aliphatic rings. The third-order valence-corrected chi connectivity index (χ3v) is 3.36. The van der Waals surface area contributed by atoms with E-state index in [2.05, 4.69) is 15.3 Å². The summed E-state index contributed by atoms with van der Waals surface area (Å²) in [6, 6.07) is 3.66. The van der Waals surface area contributed by atoms with E-state index in [-0.39, 0.29) is 11.9 Å². The number of amides is 1. The average molecular weight is 262 g/mol. The molecule has 18 heavy (non-hydrogen) atoms. The van der Waals surface area contributed by atoms with Crippen LogP contribution in [-0.4, -0.2) is 15.9 Å². The Hall–Kier alpha value is -1.79. The van der Waals surface area contributed by atoms with Crippen LogP contribution in [-0.2, 0) is 6.54 Å². The van der Waals surface area contributed by atoms with Crippen molar-refractivity contribution in [3.05, 3.63) is 46.2 Å². The fourth-order valence-electron chi connectivity index (χ4n) is 1.49. The van der Waals surface area contributed by atoms with Crippen LogP contribution in [0.2, 0.25) is 0 Å². The first kappa shape index (κ1) is 12.7. The molecule has 2 heterocycles. The van der Waals surface area contributed by atoms with Gasteiger partial charge < -0.3 is 11.1 Å². The molecule has 2 rings (SSSR count). The Morgan fingerprint density at radius 2 is 2.44 bits per heavy atom. The van der Waals surface area contributed by atoms with E-state index in [9.17, 15) is 4.79 Å². The van der Waals surface area contributed by atoms with Crippen molar-refractivity contribution in [3.63, 3.8) is 0 Å². The number of hydrogen-bond acceptors (Lipinski definition) is 5. The van der Waals surface area contributed by atoms with Gasteiger partial charge in [0.25, 0.3) is 5.91 Å². The minimum Gasteiger partial charge on any atom is -0.344 e. The monoisotopic (exact) mass is 262 g/mol. The van der Waals surface area contributed by atoms with Gasteiger partial charge in [0.05, 0.1) is 6.04 Å². The van der Waals surface area contributed by atoms with Gasteiger partial charge >= 0.3 is 0 Å². The van der Waals surface area contributed by atoms with Crippen LogP contribution in [0.5, 0.6) is 0 Å². The second kappa shape index (κ2) is 5.70. The van der Waals surface area contributed by atoms with Crippen molar-refractivity contribution >= 4 is 17.2 Å². The summed E-state index contributed by atoms with van der Waals surface area (Å²) in [6.07, 6.45) is 3.43.